The molecule has 0 saturated carbocycles. The van der Waals surface area contributed by atoms with Crippen LogP contribution in [-0.4, -0.2) is 31.3 Å². The van der Waals surface area contributed by atoms with Crippen LogP contribution in [0.2, 0.25) is 0 Å². The Morgan fingerprint density at radius 1 is 0.943 bits per heavy atom. The molecule has 1 aliphatic carbocycles. The first-order valence-corrected chi connectivity index (χ1v) is 12.6. The van der Waals surface area contributed by atoms with Crippen LogP contribution in [0.3, 0.4) is 0 Å². The van der Waals surface area contributed by atoms with Gasteiger partial charge in [0.2, 0.25) is 5.01 Å². The minimum atomic E-state index is -0.203. The monoisotopic (exact) mass is 482 g/mol. The van der Waals surface area contributed by atoms with E-state index >= 15 is 0 Å². The molecular formula is C27H26N6OS. The fourth-order valence-corrected chi connectivity index (χ4v) is 4.90. The third-order valence-electron chi connectivity index (χ3n) is 5.89. The van der Waals surface area contributed by atoms with Gasteiger partial charge in [-0.25, -0.2) is 0 Å². The Morgan fingerprint density at radius 2 is 1.80 bits per heavy atom. The molecule has 4 aromatic rings. The standard InChI is InChI=1S/C27H26N6OS/c34-26(29-18-20-9-6-12-28-17-20)27-33-32-25(35-27)11-5-4-10-23-16-22-14-21(15-24(22)31-30-23)13-19-7-2-1-3-8-19/h1-3,6-9,12,14,16-17H,4-5,10-11,13,15,18H2,(H,29,34). The molecule has 0 unspecified atom stereocenters. The second-order valence-corrected chi connectivity index (χ2v) is 9.69. The van der Waals surface area contributed by atoms with E-state index in [9.17, 15) is 4.79 Å². The number of allylic oxidation sites excluding steroid dienone is 1. The van der Waals surface area contributed by atoms with E-state index in [0.29, 0.717) is 11.6 Å². The van der Waals surface area contributed by atoms with Gasteiger partial charge in [0.15, 0.2) is 0 Å². The molecule has 0 radical (unpaired) electrons. The van der Waals surface area contributed by atoms with Crippen molar-refractivity contribution in [3.05, 3.63) is 105 Å². The summed E-state index contributed by atoms with van der Waals surface area (Å²) in [6.45, 7) is 0.423. The predicted molar refractivity (Wildman–Crippen MR) is 136 cm³/mol. The van der Waals surface area contributed by atoms with Gasteiger partial charge >= 0.3 is 0 Å². The van der Waals surface area contributed by atoms with Gasteiger partial charge in [0.1, 0.15) is 5.01 Å². The summed E-state index contributed by atoms with van der Waals surface area (Å²) in [5, 5.41) is 21.3. The fraction of sp³-hybridized carbons (Fsp3) is 0.259. The van der Waals surface area contributed by atoms with Crippen LogP contribution in [0.5, 0.6) is 0 Å². The van der Waals surface area contributed by atoms with E-state index in [4.69, 9.17) is 0 Å². The number of benzene rings is 1. The van der Waals surface area contributed by atoms with Gasteiger partial charge in [0.25, 0.3) is 5.91 Å². The first-order valence-electron chi connectivity index (χ1n) is 11.8. The molecule has 5 rings (SSSR count). The van der Waals surface area contributed by atoms with E-state index in [0.717, 1.165) is 60.5 Å². The van der Waals surface area contributed by atoms with Crippen molar-refractivity contribution in [1.82, 2.24) is 30.7 Å². The van der Waals surface area contributed by atoms with Crippen LogP contribution in [-0.2, 0) is 32.2 Å². The van der Waals surface area contributed by atoms with Crippen LogP contribution in [0.1, 0.15) is 55.7 Å². The Bertz CT molecular complexity index is 1320. The molecule has 0 fully saturated rings. The molecule has 0 atom stereocenters. The quantitative estimate of drug-likeness (QED) is 0.337. The van der Waals surface area contributed by atoms with Crippen LogP contribution >= 0.6 is 11.3 Å². The molecule has 176 valence electrons. The molecule has 3 heterocycles. The Morgan fingerprint density at radius 3 is 2.66 bits per heavy atom. The van der Waals surface area contributed by atoms with Crippen molar-refractivity contribution >= 4 is 23.3 Å². The Labute approximate surface area is 208 Å². The van der Waals surface area contributed by atoms with Crippen molar-refractivity contribution in [2.45, 2.75) is 45.1 Å². The molecule has 1 N–H and O–H groups in total. The maximum absolute atomic E-state index is 12.3. The minimum absolute atomic E-state index is 0.203. The minimum Gasteiger partial charge on any atom is -0.346 e. The van der Waals surface area contributed by atoms with Gasteiger partial charge in [-0.1, -0.05) is 59.4 Å². The number of pyridine rings is 1. The van der Waals surface area contributed by atoms with Crippen LogP contribution in [0.4, 0.5) is 0 Å². The average molecular weight is 483 g/mol. The number of aryl methyl sites for hydroxylation is 2. The topological polar surface area (TPSA) is 93.6 Å². The summed E-state index contributed by atoms with van der Waals surface area (Å²) >= 11 is 1.35. The molecule has 0 aliphatic heterocycles. The number of unbranched alkanes of at least 4 members (excludes halogenated alkanes) is 1. The number of hydrogen-bond donors (Lipinski definition) is 1. The Hall–Kier alpha value is -3.78. The highest BCUT2D eigenvalue weighted by molar-refractivity contribution is 7.13. The summed E-state index contributed by atoms with van der Waals surface area (Å²) in [4.78, 5) is 16.4. The summed E-state index contributed by atoms with van der Waals surface area (Å²) < 4.78 is 0. The SMILES string of the molecule is O=C(NCc1cccnc1)c1nnc(CCCCc2cc3c(nn2)CC(Cc2ccccc2)=C3)s1. The largest absolute Gasteiger partial charge is 0.346 e. The van der Waals surface area contributed by atoms with E-state index in [1.807, 2.05) is 18.2 Å². The number of fused-ring (bicyclic) bond motifs is 1. The number of rotatable bonds is 10. The van der Waals surface area contributed by atoms with Crippen molar-refractivity contribution in [1.29, 1.82) is 0 Å². The second kappa shape index (κ2) is 11.1. The number of amides is 1. The highest BCUT2D eigenvalue weighted by atomic mass is 32.1. The fourth-order valence-electron chi connectivity index (χ4n) is 4.11. The number of nitrogens with one attached hydrogen (secondary N) is 1. The molecule has 1 aliphatic rings. The lowest BCUT2D eigenvalue weighted by molar-refractivity contribution is 0.0949. The highest BCUT2D eigenvalue weighted by Gasteiger charge is 2.16. The summed E-state index contributed by atoms with van der Waals surface area (Å²) in [6.07, 6.45) is 11.2. The van der Waals surface area contributed by atoms with Gasteiger partial charge in [0, 0.05) is 31.8 Å². The van der Waals surface area contributed by atoms with Gasteiger partial charge in [-0.2, -0.15) is 10.2 Å². The van der Waals surface area contributed by atoms with Gasteiger partial charge in [-0.05, 0) is 54.5 Å². The first kappa shape index (κ1) is 23.0. The molecule has 0 saturated heterocycles. The number of carbonyl (C=O) groups excluding carboxylic acids is 1. The number of carbonyl (C=O) groups is 1. The van der Waals surface area contributed by atoms with Crippen LogP contribution in [0.15, 0.2) is 66.5 Å². The maximum atomic E-state index is 12.3. The maximum Gasteiger partial charge on any atom is 0.282 e. The van der Waals surface area contributed by atoms with Crippen LogP contribution in [0, 0.1) is 0 Å². The molecule has 1 amide bonds. The molecule has 8 heteroatoms. The van der Waals surface area contributed by atoms with Crippen molar-refractivity contribution < 1.29 is 4.79 Å². The summed E-state index contributed by atoms with van der Waals surface area (Å²) in [7, 11) is 0. The average Bonchev–Trinajstić information content (AvgIpc) is 3.53. The zero-order valence-electron chi connectivity index (χ0n) is 19.4. The van der Waals surface area contributed by atoms with Gasteiger partial charge in [0.05, 0.1) is 11.4 Å². The highest BCUT2D eigenvalue weighted by Crippen LogP contribution is 2.26. The van der Waals surface area contributed by atoms with E-state index in [-0.39, 0.29) is 5.91 Å². The zero-order chi connectivity index (χ0) is 23.9. The Kier molecular flexibility index (Phi) is 7.29. The number of aromatic nitrogens is 5. The molecule has 0 bridgehead atoms. The molecule has 35 heavy (non-hydrogen) atoms. The lowest BCUT2D eigenvalue weighted by Crippen LogP contribution is -2.22. The molecular weight excluding hydrogens is 456 g/mol. The van der Waals surface area contributed by atoms with Crippen LogP contribution < -0.4 is 5.32 Å². The van der Waals surface area contributed by atoms with Crippen molar-refractivity contribution in [2.75, 3.05) is 0 Å². The van der Waals surface area contributed by atoms with Crippen molar-refractivity contribution in [3.8, 4) is 0 Å². The molecule has 0 spiro atoms. The molecule has 3 aromatic heterocycles. The smallest absolute Gasteiger partial charge is 0.282 e. The lowest BCUT2D eigenvalue weighted by Gasteiger charge is -2.03. The van der Waals surface area contributed by atoms with Crippen molar-refractivity contribution in [2.24, 2.45) is 0 Å². The molecule has 7 nitrogen and oxygen atoms in total. The second-order valence-electron chi connectivity index (χ2n) is 8.63. The van der Waals surface area contributed by atoms with Gasteiger partial charge < -0.3 is 5.32 Å². The van der Waals surface area contributed by atoms with E-state index in [2.05, 4.69) is 67.1 Å². The summed E-state index contributed by atoms with van der Waals surface area (Å²) in [5.41, 5.74) is 6.95. The van der Waals surface area contributed by atoms with Gasteiger partial charge in [-0.15, -0.1) is 10.2 Å². The van der Waals surface area contributed by atoms with E-state index in [1.165, 1.54) is 28.0 Å². The predicted octanol–water partition coefficient (Wildman–Crippen LogP) is 4.40. The van der Waals surface area contributed by atoms with Gasteiger partial charge in [-0.3, -0.25) is 9.78 Å². The Balaban J connectivity index is 1.07. The number of nitrogens with zero attached hydrogens (tertiary/aromatic N) is 5. The zero-order valence-corrected chi connectivity index (χ0v) is 20.2. The third-order valence-corrected chi connectivity index (χ3v) is 6.87. The lowest BCUT2D eigenvalue weighted by atomic mass is 10.0. The van der Waals surface area contributed by atoms with Crippen LogP contribution in [0.25, 0.3) is 6.08 Å². The van der Waals surface area contributed by atoms with E-state index < -0.39 is 0 Å². The summed E-state index contributed by atoms with van der Waals surface area (Å²) in [6, 6.07) is 16.5. The van der Waals surface area contributed by atoms with E-state index in [1.54, 1.807) is 12.4 Å². The van der Waals surface area contributed by atoms with Crippen molar-refractivity contribution in [3.63, 3.8) is 0 Å². The number of hydrogen-bond acceptors (Lipinski definition) is 7. The summed E-state index contributed by atoms with van der Waals surface area (Å²) in [5.74, 6) is -0.203. The molecule has 1 aromatic carbocycles. The normalized spacial score (nSPS) is 12.3. The third kappa shape index (κ3) is 6.22. The first-order chi connectivity index (χ1) is 17.2.